The van der Waals surface area contributed by atoms with Crippen LogP contribution in [0.5, 0.6) is 0 Å². The number of furan rings is 1. The number of likely N-dealkylation sites (N-methyl/N-ethyl adjacent to an activating group) is 1. The fraction of sp³-hybridized carbons (Fsp3) is 0.643. The van der Waals surface area contributed by atoms with Crippen LogP contribution in [0.2, 0.25) is 0 Å². The van der Waals surface area contributed by atoms with Gasteiger partial charge in [0.2, 0.25) is 0 Å². The fourth-order valence-corrected chi connectivity index (χ4v) is 2.02. The largest absolute Gasteiger partial charge is 0.468 e. The summed E-state index contributed by atoms with van der Waals surface area (Å²) in [5.74, 6) is 1.45. The molecule has 1 heterocycles. The molecule has 0 radical (unpaired) electrons. The van der Waals surface area contributed by atoms with Gasteiger partial charge in [0.25, 0.3) is 0 Å². The molecule has 1 atom stereocenters. The van der Waals surface area contributed by atoms with Crippen molar-refractivity contribution < 1.29 is 4.42 Å². The molecule has 5 heteroatoms. The Labute approximate surface area is 115 Å². The number of nitrogens with two attached hydrogens (primary N) is 1. The average molecular weight is 266 g/mol. The van der Waals surface area contributed by atoms with Crippen molar-refractivity contribution in [2.75, 3.05) is 26.2 Å². The molecule has 0 amide bonds. The molecule has 19 heavy (non-hydrogen) atoms. The van der Waals surface area contributed by atoms with Crippen molar-refractivity contribution in [3.63, 3.8) is 0 Å². The van der Waals surface area contributed by atoms with Gasteiger partial charge in [0.05, 0.1) is 18.8 Å². The van der Waals surface area contributed by atoms with E-state index < -0.39 is 0 Å². The lowest BCUT2D eigenvalue weighted by Crippen LogP contribution is -2.35. The van der Waals surface area contributed by atoms with Crippen molar-refractivity contribution in [1.82, 2.24) is 10.2 Å². The molecule has 1 unspecified atom stereocenters. The summed E-state index contributed by atoms with van der Waals surface area (Å²) in [6.07, 6.45) is 2.74. The van der Waals surface area contributed by atoms with E-state index in [-0.39, 0.29) is 6.04 Å². The van der Waals surface area contributed by atoms with Gasteiger partial charge < -0.3 is 15.5 Å². The second kappa shape index (κ2) is 8.58. The zero-order chi connectivity index (χ0) is 14.1. The van der Waals surface area contributed by atoms with Gasteiger partial charge in [-0.25, -0.2) is 0 Å². The van der Waals surface area contributed by atoms with Crippen LogP contribution in [-0.4, -0.2) is 37.0 Å². The van der Waals surface area contributed by atoms with Crippen LogP contribution >= 0.6 is 0 Å². The molecule has 0 fully saturated rings. The van der Waals surface area contributed by atoms with Gasteiger partial charge in [-0.3, -0.25) is 9.89 Å². The Hall–Kier alpha value is -1.49. The van der Waals surface area contributed by atoms with E-state index in [1.54, 1.807) is 6.26 Å². The van der Waals surface area contributed by atoms with E-state index >= 15 is 0 Å². The summed E-state index contributed by atoms with van der Waals surface area (Å²) < 4.78 is 5.52. The summed E-state index contributed by atoms with van der Waals surface area (Å²) in [4.78, 5) is 6.73. The van der Waals surface area contributed by atoms with Crippen LogP contribution in [0.25, 0.3) is 0 Å². The standard InChI is InChI=1S/C14H26N4O/c1-4-9-16-14(15)17-11-12(18(5-2)6-3)13-8-7-10-19-13/h7-8,10,12H,4-6,9,11H2,1-3H3,(H3,15,16,17). The smallest absolute Gasteiger partial charge is 0.188 e. The van der Waals surface area contributed by atoms with Crippen molar-refractivity contribution in [2.24, 2.45) is 10.7 Å². The molecule has 5 nitrogen and oxygen atoms in total. The van der Waals surface area contributed by atoms with Crippen LogP contribution < -0.4 is 11.1 Å². The van der Waals surface area contributed by atoms with Gasteiger partial charge in [-0.05, 0) is 31.6 Å². The summed E-state index contributed by atoms with van der Waals surface area (Å²) in [5.41, 5.74) is 5.83. The molecule has 1 aromatic heterocycles. The Morgan fingerprint density at radius 3 is 2.68 bits per heavy atom. The molecule has 0 aliphatic heterocycles. The van der Waals surface area contributed by atoms with E-state index in [9.17, 15) is 0 Å². The molecule has 1 rings (SSSR count). The monoisotopic (exact) mass is 266 g/mol. The molecule has 0 aliphatic rings. The van der Waals surface area contributed by atoms with Gasteiger partial charge in [-0.15, -0.1) is 0 Å². The van der Waals surface area contributed by atoms with Crippen molar-refractivity contribution in [1.29, 1.82) is 0 Å². The molecule has 0 aliphatic carbocycles. The average Bonchev–Trinajstić information content (AvgIpc) is 2.94. The fourth-order valence-electron chi connectivity index (χ4n) is 2.02. The van der Waals surface area contributed by atoms with Crippen LogP contribution in [0.1, 0.15) is 39.0 Å². The molecule has 0 spiro atoms. The van der Waals surface area contributed by atoms with E-state index in [4.69, 9.17) is 10.2 Å². The summed E-state index contributed by atoms with van der Waals surface area (Å²) in [6, 6.07) is 4.05. The minimum Gasteiger partial charge on any atom is -0.468 e. The first-order chi connectivity index (χ1) is 9.22. The normalized spacial score (nSPS) is 13.8. The minimum atomic E-state index is 0.145. The van der Waals surface area contributed by atoms with Crippen LogP contribution in [0.15, 0.2) is 27.8 Å². The molecule has 0 bridgehead atoms. The van der Waals surface area contributed by atoms with Crippen LogP contribution in [0.3, 0.4) is 0 Å². The van der Waals surface area contributed by atoms with Gasteiger partial charge in [0.1, 0.15) is 5.76 Å². The maximum absolute atomic E-state index is 5.83. The van der Waals surface area contributed by atoms with E-state index in [2.05, 4.69) is 36.0 Å². The van der Waals surface area contributed by atoms with Crippen LogP contribution in [-0.2, 0) is 0 Å². The minimum absolute atomic E-state index is 0.145. The van der Waals surface area contributed by atoms with Crippen LogP contribution in [0.4, 0.5) is 0 Å². The molecule has 0 aromatic carbocycles. The number of rotatable bonds is 8. The van der Waals surface area contributed by atoms with Crippen molar-refractivity contribution in [3.8, 4) is 0 Å². The Balaban J connectivity index is 2.70. The van der Waals surface area contributed by atoms with Gasteiger partial charge >= 0.3 is 0 Å². The number of guanidine groups is 1. The lowest BCUT2D eigenvalue weighted by Gasteiger charge is -2.26. The molecule has 3 N–H and O–H groups in total. The molecule has 108 valence electrons. The third kappa shape index (κ3) is 4.95. The summed E-state index contributed by atoms with van der Waals surface area (Å²) in [7, 11) is 0. The SMILES string of the molecule is CCCNC(N)=NCC(c1ccco1)N(CC)CC. The second-order valence-electron chi connectivity index (χ2n) is 4.41. The molecule has 1 aromatic rings. The molecular formula is C14H26N4O. The van der Waals surface area contributed by atoms with Crippen molar-refractivity contribution in [2.45, 2.75) is 33.2 Å². The third-order valence-electron chi connectivity index (χ3n) is 3.12. The lowest BCUT2D eigenvalue weighted by molar-refractivity contribution is 0.198. The summed E-state index contributed by atoms with van der Waals surface area (Å²) in [5, 5.41) is 3.09. The van der Waals surface area contributed by atoms with E-state index in [0.29, 0.717) is 12.5 Å². The molecule has 0 saturated heterocycles. The number of nitrogens with zero attached hydrogens (tertiary/aromatic N) is 2. The highest BCUT2D eigenvalue weighted by atomic mass is 16.3. The van der Waals surface area contributed by atoms with Crippen molar-refractivity contribution >= 4 is 5.96 Å². The quantitative estimate of drug-likeness (QED) is 0.558. The zero-order valence-electron chi connectivity index (χ0n) is 12.2. The van der Waals surface area contributed by atoms with Gasteiger partial charge in [-0.2, -0.15) is 0 Å². The Morgan fingerprint density at radius 1 is 1.42 bits per heavy atom. The van der Waals surface area contributed by atoms with E-state index in [0.717, 1.165) is 31.8 Å². The van der Waals surface area contributed by atoms with Gasteiger partial charge in [-0.1, -0.05) is 20.8 Å². The number of nitrogens with one attached hydrogen (secondary N) is 1. The lowest BCUT2D eigenvalue weighted by atomic mass is 10.2. The molecule has 0 saturated carbocycles. The number of hydrogen-bond acceptors (Lipinski definition) is 3. The van der Waals surface area contributed by atoms with Gasteiger partial charge in [0.15, 0.2) is 5.96 Å². The van der Waals surface area contributed by atoms with Gasteiger partial charge in [0, 0.05) is 6.54 Å². The maximum Gasteiger partial charge on any atom is 0.188 e. The first kappa shape index (κ1) is 15.6. The highest BCUT2D eigenvalue weighted by molar-refractivity contribution is 5.77. The van der Waals surface area contributed by atoms with Crippen molar-refractivity contribution in [3.05, 3.63) is 24.2 Å². The second-order valence-corrected chi connectivity index (χ2v) is 4.41. The Bertz CT molecular complexity index is 358. The summed E-state index contributed by atoms with van der Waals surface area (Å²) >= 11 is 0. The van der Waals surface area contributed by atoms with E-state index in [1.807, 2.05) is 12.1 Å². The first-order valence-electron chi connectivity index (χ1n) is 7.04. The highest BCUT2D eigenvalue weighted by Gasteiger charge is 2.20. The summed E-state index contributed by atoms with van der Waals surface area (Å²) in [6.45, 7) is 9.76. The Morgan fingerprint density at radius 2 is 2.16 bits per heavy atom. The maximum atomic E-state index is 5.83. The topological polar surface area (TPSA) is 66.8 Å². The molecular weight excluding hydrogens is 240 g/mol. The predicted octanol–water partition coefficient (Wildman–Crippen LogP) is 1.98. The Kier molecular flexibility index (Phi) is 7.03. The predicted molar refractivity (Wildman–Crippen MR) is 79.2 cm³/mol. The highest BCUT2D eigenvalue weighted by Crippen LogP contribution is 2.21. The first-order valence-corrected chi connectivity index (χ1v) is 7.04. The number of hydrogen-bond donors (Lipinski definition) is 2. The zero-order valence-corrected chi connectivity index (χ0v) is 12.2. The number of aliphatic imine (C=N–C) groups is 1. The third-order valence-corrected chi connectivity index (χ3v) is 3.12. The van der Waals surface area contributed by atoms with E-state index in [1.165, 1.54) is 0 Å². The van der Waals surface area contributed by atoms with Crippen LogP contribution in [0, 0.1) is 0 Å².